The molecule has 0 atom stereocenters. The molecule has 1 aliphatic rings. The van der Waals surface area contributed by atoms with E-state index in [-0.39, 0.29) is 12.1 Å². The fourth-order valence-corrected chi connectivity index (χ4v) is 2.64. The molecule has 0 aromatic heterocycles. The number of nitrogens with zero attached hydrogens (tertiary/aromatic N) is 1. The van der Waals surface area contributed by atoms with Crippen molar-refractivity contribution in [2.45, 2.75) is 58.2 Å². The van der Waals surface area contributed by atoms with Crippen LogP contribution in [0.4, 0.5) is 16.2 Å². The van der Waals surface area contributed by atoms with E-state index in [1.807, 2.05) is 34.9 Å². The lowest BCUT2D eigenvalue weighted by Crippen LogP contribution is -2.50. The number of carbonyl (C=O) groups excluding carboxylic acids is 1. The average molecular weight is 319 g/mol. The standard InChI is InChI=1S/C18H29N3O2/c1-12-9-15(21(5)6)7-8-16(12)19-13-10-14(11-13)20-17(22)23-18(2,3)4/h7-9,13-14,19H,10-11H2,1-6H3,(H,20,22). The predicted octanol–water partition coefficient (Wildman–Crippen LogP) is 3.53. The van der Waals surface area contributed by atoms with Crippen LogP contribution in [0.25, 0.3) is 0 Å². The molecule has 5 heteroatoms. The van der Waals surface area contributed by atoms with Gasteiger partial charge in [0.1, 0.15) is 5.60 Å². The van der Waals surface area contributed by atoms with Crippen LogP contribution in [0, 0.1) is 6.92 Å². The molecule has 2 rings (SSSR count). The summed E-state index contributed by atoms with van der Waals surface area (Å²) in [5, 5.41) is 6.47. The van der Waals surface area contributed by atoms with Gasteiger partial charge in [0, 0.05) is 37.6 Å². The smallest absolute Gasteiger partial charge is 0.407 e. The van der Waals surface area contributed by atoms with Crippen LogP contribution in [0.5, 0.6) is 0 Å². The Kier molecular flexibility index (Phi) is 5.07. The summed E-state index contributed by atoms with van der Waals surface area (Å²) in [5.74, 6) is 0. The Morgan fingerprint density at radius 2 is 1.87 bits per heavy atom. The molecular formula is C18H29N3O2. The number of amides is 1. The minimum absolute atomic E-state index is 0.198. The molecule has 23 heavy (non-hydrogen) atoms. The molecule has 1 aliphatic carbocycles. The number of nitrogens with one attached hydrogen (secondary N) is 2. The third-order valence-electron chi connectivity index (χ3n) is 3.94. The molecule has 1 fully saturated rings. The summed E-state index contributed by atoms with van der Waals surface area (Å²) in [4.78, 5) is 13.8. The lowest BCUT2D eigenvalue weighted by Gasteiger charge is -2.37. The summed E-state index contributed by atoms with van der Waals surface area (Å²) in [6, 6.07) is 7.02. The van der Waals surface area contributed by atoms with Crippen LogP contribution in [-0.2, 0) is 4.74 Å². The number of carbonyl (C=O) groups is 1. The van der Waals surface area contributed by atoms with E-state index in [1.165, 1.54) is 11.3 Å². The number of anilines is 2. The lowest BCUT2D eigenvalue weighted by atomic mass is 9.86. The van der Waals surface area contributed by atoms with E-state index in [0.29, 0.717) is 6.04 Å². The molecule has 1 saturated carbocycles. The van der Waals surface area contributed by atoms with E-state index in [4.69, 9.17) is 4.74 Å². The first-order chi connectivity index (χ1) is 10.6. The van der Waals surface area contributed by atoms with Crippen LogP contribution in [0.1, 0.15) is 39.2 Å². The van der Waals surface area contributed by atoms with Crippen LogP contribution < -0.4 is 15.5 Å². The Hall–Kier alpha value is -1.91. The normalized spacial score (nSPS) is 20.4. The Bertz CT molecular complexity index is 558. The second kappa shape index (κ2) is 6.69. The number of benzene rings is 1. The van der Waals surface area contributed by atoms with Crippen molar-refractivity contribution >= 4 is 17.5 Å². The van der Waals surface area contributed by atoms with Crippen molar-refractivity contribution < 1.29 is 9.53 Å². The average Bonchev–Trinajstić information content (AvgIpc) is 2.35. The topological polar surface area (TPSA) is 53.6 Å². The molecule has 0 saturated heterocycles. The van der Waals surface area contributed by atoms with Gasteiger partial charge in [-0.2, -0.15) is 0 Å². The van der Waals surface area contributed by atoms with Gasteiger partial charge in [-0.15, -0.1) is 0 Å². The SMILES string of the molecule is Cc1cc(N(C)C)ccc1NC1CC(NC(=O)OC(C)(C)C)C1. The Morgan fingerprint density at radius 1 is 1.22 bits per heavy atom. The van der Waals surface area contributed by atoms with Crippen LogP contribution in [0.2, 0.25) is 0 Å². The third kappa shape index (κ3) is 5.05. The summed E-state index contributed by atoms with van der Waals surface area (Å²) in [6.45, 7) is 7.73. The van der Waals surface area contributed by atoms with E-state index in [1.54, 1.807) is 0 Å². The highest BCUT2D eigenvalue weighted by atomic mass is 16.6. The summed E-state index contributed by atoms with van der Waals surface area (Å²) in [6.07, 6.45) is 1.52. The monoisotopic (exact) mass is 319 g/mol. The predicted molar refractivity (Wildman–Crippen MR) is 95.3 cm³/mol. The highest BCUT2D eigenvalue weighted by Gasteiger charge is 2.31. The van der Waals surface area contributed by atoms with Gasteiger partial charge in [0.05, 0.1) is 0 Å². The quantitative estimate of drug-likeness (QED) is 0.891. The van der Waals surface area contributed by atoms with Crippen LogP contribution in [-0.4, -0.2) is 37.9 Å². The molecule has 1 amide bonds. The van der Waals surface area contributed by atoms with Crippen molar-refractivity contribution in [2.75, 3.05) is 24.3 Å². The van der Waals surface area contributed by atoms with Gasteiger partial charge in [-0.05, 0) is 64.3 Å². The molecule has 0 radical (unpaired) electrons. The van der Waals surface area contributed by atoms with Crippen LogP contribution in [0.15, 0.2) is 18.2 Å². The summed E-state index contributed by atoms with van der Waals surface area (Å²) in [7, 11) is 4.08. The van der Waals surface area contributed by atoms with Gasteiger partial charge in [0.15, 0.2) is 0 Å². The van der Waals surface area contributed by atoms with E-state index in [0.717, 1.165) is 18.5 Å². The molecule has 1 aromatic rings. The largest absolute Gasteiger partial charge is 0.444 e. The summed E-state index contributed by atoms with van der Waals surface area (Å²) < 4.78 is 5.28. The minimum atomic E-state index is -0.448. The van der Waals surface area contributed by atoms with Gasteiger partial charge < -0.3 is 20.3 Å². The first-order valence-electron chi connectivity index (χ1n) is 8.18. The molecular weight excluding hydrogens is 290 g/mol. The van der Waals surface area contributed by atoms with Crippen molar-refractivity contribution in [1.82, 2.24) is 5.32 Å². The Labute approximate surface area is 139 Å². The maximum absolute atomic E-state index is 11.7. The summed E-state index contributed by atoms with van der Waals surface area (Å²) >= 11 is 0. The minimum Gasteiger partial charge on any atom is -0.444 e. The molecule has 0 aliphatic heterocycles. The van der Waals surface area contributed by atoms with Gasteiger partial charge in [-0.25, -0.2) is 4.79 Å². The van der Waals surface area contributed by atoms with Gasteiger partial charge in [0.2, 0.25) is 0 Å². The third-order valence-corrected chi connectivity index (χ3v) is 3.94. The van der Waals surface area contributed by atoms with Crippen LogP contribution >= 0.6 is 0 Å². The zero-order chi connectivity index (χ0) is 17.2. The van der Waals surface area contributed by atoms with Crippen molar-refractivity contribution in [1.29, 1.82) is 0 Å². The first kappa shape index (κ1) is 17.4. The van der Waals surface area contributed by atoms with E-state index < -0.39 is 5.60 Å². The molecule has 0 spiro atoms. The van der Waals surface area contributed by atoms with Crippen molar-refractivity contribution in [2.24, 2.45) is 0 Å². The second-order valence-corrected chi connectivity index (χ2v) is 7.55. The molecule has 2 N–H and O–H groups in total. The number of rotatable bonds is 4. The van der Waals surface area contributed by atoms with Crippen molar-refractivity contribution in [3.63, 3.8) is 0 Å². The van der Waals surface area contributed by atoms with E-state index >= 15 is 0 Å². The maximum atomic E-state index is 11.7. The van der Waals surface area contributed by atoms with E-state index in [9.17, 15) is 4.79 Å². The number of alkyl carbamates (subject to hydrolysis) is 1. The Balaban J connectivity index is 1.79. The molecule has 0 heterocycles. The van der Waals surface area contributed by atoms with Crippen molar-refractivity contribution in [3.05, 3.63) is 23.8 Å². The van der Waals surface area contributed by atoms with Gasteiger partial charge >= 0.3 is 6.09 Å². The second-order valence-electron chi connectivity index (χ2n) is 7.55. The molecule has 128 valence electrons. The molecule has 5 nitrogen and oxygen atoms in total. The maximum Gasteiger partial charge on any atom is 0.407 e. The molecule has 1 aromatic carbocycles. The van der Waals surface area contributed by atoms with Crippen molar-refractivity contribution in [3.8, 4) is 0 Å². The zero-order valence-corrected chi connectivity index (χ0v) is 15.1. The van der Waals surface area contributed by atoms with Crippen LogP contribution in [0.3, 0.4) is 0 Å². The summed E-state index contributed by atoms with van der Waals surface area (Å²) in [5.41, 5.74) is 3.15. The zero-order valence-electron chi connectivity index (χ0n) is 15.1. The number of ether oxygens (including phenoxy) is 1. The van der Waals surface area contributed by atoms with Gasteiger partial charge in [-0.1, -0.05) is 0 Å². The van der Waals surface area contributed by atoms with Gasteiger partial charge in [0.25, 0.3) is 0 Å². The molecule has 0 unspecified atom stereocenters. The number of hydrogen-bond acceptors (Lipinski definition) is 4. The highest BCUT2D eigenvalue weighted by Crippen LogP contribution is 2.28. The molecule has 0 bridgehead atoms. The first-order valence-corrected chi connectivity index (χ1v) is 8.18. The number of hydrogen-bond donors (Lipinski definition) is 2. The fraction of sp³-hybridized carbons (Fsp3) is 0.611. The fourth-order valence-electron chi connectivity index (χ4n) is 2.64. The van der Waals surface area contributed by atoms with Gasteiger partial charge in [-0.3, -0.25) is 0 Å². The Morgan fingerprint density at radius 3 is 2.39 bits per heavy atom. The lowest BCUT2D eigenvalue weighted by molar-refractivity contribution is 0.0475. The highest BCUT2D eigenvalue weighted by molar-refractivity contribution is 5.68. The number of aryl methyl sites for hydroxylation is 1. The van der Waals surface area contributed by atoms with E-state index in [2.05, 4.69) is 40.7 Å².